The zero-order chi connectivity index (χ0) is 18.3. The number of morpholine rings is 1. The Morgan fingerprint density at radius 3 is 1.59 bits per heavy atom. The molecule has 0 aliphatic carbocycles. The molecule has 0 saturated carbocycles. The molecule has 2 aliphatic heterocycles. The van der Waals surface area contributed by atoms with Crippen LogP contribution in [0.4, 0.5) is 0 Å². The molecule has 4 heteroatoms. The minimum Gasteiger partial charge on any atom is -1.00 e. The van der Waals surface area contributed by atoms with Crippen molar-refractivity contribution in [2.45, 2.75) is 103 Å². The van der Waals surface area contributed by atoms with Crippen molar-refractivity contribution in [3.05, 3.63) is 0 Å². The van der Waals surface area contributed by atoms with Crippen LogP contribution >= 0.6 is 0 Å². The molecule has 0 bridgehead atoms. The summed E-state index contributed by atoms with van der Waals surface area (Å²) in [4.78, 5) is 0. The third kappa shape index (κ3) is 12.4. The van der Waals surface area contributed by atoms with Crippen molar-refractivity contribution >= 4 is 0 Å². The second-order valence-electron chi connectivity index (χ2n) is 8.86. The number of unbranched alkanes of at least 4 members (excludes halogenated alkanes) is 13. The van der Waals surface area contributed by atoms with Crippen molar-refractivity contribution in [2.75, 3.05) is 46.0 Å². The van der Waals surface area contributed by atoms with E-state index in [9.17, 15) is 0 Å². The lowest BCUT2D eigenvalue weighted by Gasteiger charge is -2.41. The molecule has 3 nitrogen and oxygen atoms in total. The fraction of sp³-hybridized carbons (Fsp3) is 1.00. The SMILES string of the molecule is CCCCCCCCCCCCCCCC[N+]1(CC2CO2)CCOCC1.[Cl-]. The van der Waals surface area contributed by atoms with Gasteiger partial charge in [-0.05, 0) is 12.8 Å². The highest BCUT2D eigenvalue weighted by atomic mass is 35.5. The first-order chi connectivity index (χ1) is 12.8. The molecule has 0 aromatic carbocycles. The summed E-state index contributed by atoms with van der Waals surface area (Å²) in [6.07, 6.45) is 20.8. The van der Waals surface area contributed by atoms with E-state index in [0.717, 1.165) is 19.8 Å². The summed E-state index contributed by atoms with van der Waals surface area (Å²) in [7, 11) is 0. The third-order valence-corrected chi connectivity index (χ3v) is 6.40. The van der Waals surface area contributed by atoms with Crippen molar-refractivity contribution in [1.82, 2.24) is 0 Å². The number of nitrogens with zero attached hydrogens (tertiary/aromatic N) is 1. The predicted octanol–water partition coefficient (Wildman–Crippen LogP) is 2.72. The lowest BCUT2D eigenvalue weighted by atomic mass is 10.0. The number of ether oxygens (including phenoxy) is 2. The molecule has 2 aliphatic rings. The maximum atomic E-state index is 5.59. The van der Waals surface area contributed by atoms with E-state index in [4.69, 9.17) is 9.47 Å². The number of rotatable bonds is 17. The zero-order valence-corrected chi connectivity index (χ0v) is 18.8. The van der Waals surface area contributed by atoms with Crippen LogP contribution in [-0.2, 0) is 9.47 Å². The smallest absolute Gasteiger partial charge is 0.130 e. The monoisotopic (exact) mass is 403 g/mol. The molecule has 0 spiro atoms. The fourth-order valence-electron chi connectivity index (χ4n) is 4.47. The van der Waals surface area contributed by atoms with Crippen LogP contribution in [-0.4, -0.2) is 56.6 Å². The van der Waals surface area contributed by atoms with Crippen molar-refractivity contribution in [1.29, 1.82) is 0 Å². The predicted molar refractivity (Wildman–Crippen MR) is 111 cm³/mol. The van der Waals surface area contributed by atoms with Gasteiger partial charge in [-0.2, -0.15) is 0 Å². The highest BCUT2D eigenvalue weighted by Gasteiger charge is 2.37. The quantitative estimate of drug-likeness (QED) is 0.211. The Kier molecular flexibility index (Phi) is 15.0. The molecule has 0 amide bonds. The van der Waals surface area contributed by atoms with Crippen molar-refractivity contribution in [3.8, 4) is 0 Å². The van der Waals surface area contributed by atoms with Crippen molar-refractivity contribution < 1.29 is 26.4 Å². The summed E-state index contributed by atoms with van der Waals surface area (Å²) in [6, 6.07) is 0. The Hall–Kier alpha value is 0.170. The molecule has 2 heterocycles. The summed E-state index contributed by atoms with van der Waals surface area (Å²) in [5, 5.41) is 0. The van der Waals surface area contributed by atoms with E-state index in [0.29, 0.717) is 6.10 Å². The summed E-state index contributed by atoms with van der Waals surface area (Å²) in [5.41, 5.74) is 0. The third-order valence-electron chi connectivity index (χ3n) is 6.40. The summed E-state index contributed by atoms with van der Waals surface area (Å²) in [5.74, 6) is 0. The molecular weight excluding hydrogens is 358 g/mol. The second kappa shape index (κ2) is 16.0. The maximum absolute atomic E-state index is 5.59. The average molecular weight is 404 g/mol. The summed E-state index contributed by atoms with van der Waals surface area (Å²) >= 11 is 0. The van der Waals surface area contributed by atoms with Crippen LogP contribution in [0, 0.1) is 0 Å². The van der Waals surface area contributed by atoms with Gasteiger partial charge in [0, 0.05) is 0 Å². The lowest BCUT2D eigenvalue weighted by Crippen LogP contribution is -3.00. The number of halogens is 1. The van der Waals surface area contributed by atoms with Crippen LogP contribution in [0.1, 0.15) is 96.8 Å². The van der Waals surface area contributed by atoms with Gasteiger partial charge < -0.3 is 26.4 Å². The van der Waals surface area contributed by atoms with Gasteiger partial charge in [-0.1, -0.05) is 84.0 Å². The van der Waals surface area contributed by atoms with Gasteiger partial charge in [-0.25, -0.2) is 0 Å². The molecule has 0 radical (unpaired) electrons. The van der Waals surface area contributed by atoms with Crippen LogP contribution in [0.3, 0.4) is 0 Å². The molecule has 0 aromatic heterocycles. The molecule has 1 atom stereocenters. The first-order valence-corrected chi connectivity index (χ1v) is 11.9. The Balaban J connectivity index is 0.00000364. The standard InChI is InChI=1S/C23H46NO2.ClH/c1-2-3-4-5-6-7-8-9-10-11-12-13-14-15-16-24(21-23-22-26-23)17-19-25-20-18-24;/h23H,2-22H2,1H3;1H/q+1;/p-1. The molecule has 2 saturated heterocycles. The number of quaternary nitrogens is 1. The second-order valence-corrected chi connectivity index (χ2v) is 8.86. The number of hydrogen-bond acceptors (Lipinski definition) is 2. The Morgan fingerprint density at radius 1 is 0.704 bits per heavy atom. The molecule has 1 unspecified atom stereocenters. The summed E-state index contributed by atoms with van der Waals surface area (Å²) < 4.78 is 12.4. The van der Waals surface area contributed by atoms with E-state index in [2.05, 4.69) is 6.92 Å². The molecule has 0 N–H and O–H groups in total. The van der Waals surface area contributed by atoms with Gasteiger partial charge in [0.1, 0.15) is 25.7 Å². The molecule has 0 aromatic rings. The van der Waals surface area contributed by atoms with Crippen LogP contribution < -0.4 is 12.4 Å². The van der Waals surface area contributed by atoms with Gasteiger partial charge >= 0.3 is 0 Å². The minimum atomic E-state index is 0. The van der Waals surface area contributed by atoms with E-state index in [1.54, 1.807) is 0 Å². The van der Waals surface area contributed by atoms with Crippen molar-refractivity contribution in [2.24, 2.45) is 0 Å². The summed E-state index contributed by atoms with van der Waals surface area (Å²) in [6.45, 7) is 10.2. The minimum absolute atomic E-state index is 0. The van der Waals surface area contributed by atoms with Gasteiger partial charge in [-0.15, -0.1) is 0 Å². The highest BCUT2D eigenvalue weighted by Crippen LogP contribution is 2.21. The van der Waals surface area contributed by atoms with Gasteiger partial charge in [0.25, 0.3) is 0 Å². The largest absolute Gasteiger partial charge is 1.00 e. The van der Waals surface area contributed by atoms with E-state index in [1.165, 1.54) is 121 Å². The van der Waals surface area contributed by atoms with E-state index in [-0.39, 0.29) is 12.4 Å². The number of epoxide rings is 1. The molecule has 2 rings (SSSR count). The maximum Gasteiger partial charge on any atom is 0.130 e. The Bertz CT molecular complexity index is 330. The van der Waals surface area contributed by atoms with Gasteiger partial charge in [0.05, 0.1) is 26.4 Å². The van der Waals surface area contributed by atoms with Crippen LogP contribution in [0.25, 0.3) is 0 Å². The number of hydrogen-bond donors (Lipinski definition) is 0. The van der Waals surface area contributed by atoms with E-state index in [1.807, 2.05) is 0 Å². The van der Waals surface area contributed by atoms with Crippen molar-refractivity contribution in [3.63, 3.8) is 0 Å². The van der Waals surface area contributed by atoms with Gasteiger partial charge in [0.2, 0.25) is 0 Å². The first-order valence-electron chi connectivity index (χ1n) is 11.9. The zero-order valence-electron chi connectivity index (χ0n) is 18.1. The average Bonchev–Trinajstić information content (AvgIpc) is 3.46. The topological polar surface area (TPSA) is 21.8 Å². The van der Waals surface area contributed by atoms with Crippen LogP contribution in [0.5, 0.6) is 0 Å². The first kappa shape index (κ1) is 25.2. The Morgan fingerprint density at radius 2 is 1.15 bits per heavy atom. The highest BCUT2D eigenvalue weighted by molar-refractivity contribution is 4.70. The van der Waals surface area contributed by atoms with Crippen LogP contribution in [0.15, 0.2) is 0 Å². The van der Waals surface area contributed by atoms with Gasteiger partial charge in [0.15, 0.2) is 0 Å². The normalized spacial score (nSPS) is 21.0. The molecule has 162 valence electrons. The van der Waals surface area contributed by atoms with E-state index < -0.39 is 0 Å². The lowest BCUT2D eigenvalue weighted by molar-refractivity contribution is -0.935. The van der Waals surface area contributed by atoms with Gasteiger partial charge in [-0.3, -0.25) is 0 Å². The van der Waals surface area contributed by atoms with E-state index >= 15 is 0 Å². The molecule has 2 fully saturated rings. The molecular formula is C23H46ClNO2. The molecule has 27 heavy (non-hydrogen) atoms. The van der Waals surface area contributed by atoms with Crippen LogP contribution in [0.2, 0.25) is 0 Å². The fourth-order valence-corrected chi connectivity index (χ4v) is 4.47. The Labute approximate surface area is 175 Å².